The minimum Gasteiger partial charge on any atom is -0.283 e. The highest BCUT2D eigenvalue weighted by molar-refractivity contribution is 8.04. The molecule has 1 nitrogen and oxygen atoms in total. The number of ketones is 1. The molecule has 0 heterocycles. The fourth-order valence-corrected chi connectivity index (χ4v) is 2.09. The molecule has 0 atom stereocenters. The van der Waals surface area contributed by atoms with Crippen LogP contribution in [0.15, 0.2) is 46.2 Å². The van der Waals surface area contributed by atoms with Crippen molar-refractivity contribution >= 4 is 17.5 Å². The van der Waals surface area contributed by atoms with E-state index in [9.17, 15) is 18.0 Å². The molecule has 112 valence electrons. The molecule has 0 amide bonds. The Hall–Kier alpha value is -1.67. The third-order valence-electron chi connectivity index (χ3n) is 2.10. The summed E-state index contributed by atoms with van der Waals surface area (Å²) in [7, 11) is 0. The van der Waals surface area contributed by atoms with Gasteiger partial charge in [-0.05, 0) is 32.9 Å². The van der Waals surface area contributed by atoms with Crippen LogP contribution in [0, 0.1) is 17.3 Å². The van der Waals surface area contributed by atoms with Gasteiger partial charge in [-0.2, -0.15) is 13.2 Å². The molecule has 0 aliphatic carbocycles. The van der Waals surface area contributed by atoms with Crippen LogP contribution in [0.1, 0.15) is 20.8 Å². The first-order chi connectivity index (χ1) is 9.59. The molecule has 1 rings (SSSR count). The monoisotopic (exact) mass is 312 g/mol. The standard InChI is InChI=1S/C16H15F3OS/c1-15(2,3)11-7-10-13(14(20)16(17,18)19)21-12-8-5-4-6-9-12/h4-6,8-10H,1-3H3/b13-10-. The van der Waals surface area contributed by atoms with Crippen LogP contribution >= 0.6 is 11.8 Å². The summed E-state index contributed by atoms with van der Waals surface area (Å²) in [5, 5.41) is 0. The normalized spacial score (nSPS) is 12.6. The van der Waals surface area contributed by atoms with E-state index in [1.165, 1.54) is 0 Å². The molecule has 0 radical (unpaired) electrons. The molecule has 0 N–H and O–H groups in total. The summed E-state index contributed by atoms with van der Waals surface area (Å²) >= 11 is 0.763. The van der Waals surface area contributed by atoms with Gasteiger partial charge < -0.3 is 0 Å². The molecular formula is C16H15F3OS. The topological polar surface area (TPSA) is 17.1 Å². The van der Waals surface area contributed by atoms with Gasteiger partial charge in [0.1, 0.15) is 0 Å². The van der Waals surface area contributed by atoms with Crippen LogP contribution in [0.5, 0.6) is 0 Å². The first-order valence-electron chi connectivity index (χ1n) is 6.17. The van der Waals surface area contributed by atoms with Crippen LogP contribution in [-0.4, -0.2) is 12.0 Å². The molecular weight excluding hydrogens is 297 g/mol. The molecule has 1 aromatic rings. The zero-order chi connectivity index (χ0) is 16.1. The van der Waals surface area contributed by atoms with Crippen molar-refractivity contribution in [3.05, 3.63) is 41.3 Å². The number of rotatable bonds is 3. The predicted octanol–water partition coefficient (Wildman–Crippen LogP) is 4.84. The number of carbonyl (C=O) groups excluding carboxylic acids is 1. The van der Waals surface area contributed by atoms with Gasteiger partial charge >= 0.3 is 6.18 Å². The summed E-state index contributed by atoms with van der Waals surface area (Å²) in [6.07, 6.45) is -3.87. The van der Waals surface area contributed by atoms with Crippen molar-refractivity contribution in [2.75, 3.05) is 0 Å². The Kier molecular flexibility index (Phi) is 5.68. The van der Waals surface area contributed by atoms with E-state index < -0.39 is 16.9 Å². The third kappa shape index (κ3) is 6.54. The Morgan fingerprint density at radius 1 is 1.14 bits per heavy atom. The Bertz CT molecular complexity index is 584. The van der Waals surface area contributed by atoms with E-state index in [2.05, 4.69) is 11.8 Å². The number of hydrogen-bond donors (Lipinski definition) is 0. The fraction of sp³-hybridized carbons (Fsp3) is 0.312. The maximum Gasteiger partial charge on any atom is 0.455 e. The van der Waals surface area contributed by atoms with E-state index in [4.69, 9.17) is 0 Å². The van der Waals surface area contributed by atoms with Gasteiger partial charge in [-0.1, -0.05) is 41.8 Å². The SMILES string of the molecule is CC(C)(C)C#C/C=C(\Sc1ccccc1)C(=O)C(F)(F)F. The number of alkyl halides is 3. The molecule has 0 aliphatic rings. The molecule has 0 saturated carbocycles. The molecule has 0 fully saturated rings. The van der Waals surface area contributed by atoms with Crippen molar-refractivity contribution in [1.82, 2.24) is 0 Å². The number of carbonyl (C=O) groups is 1. The summed E-state index contributed by atoms with van der Waals surface area (Å²) in [6, 6.07) is 8.41. The predicted molar refractivity (Wildman–Crippen MR) is 78.7 cm³/mol. The van der Waals surface area contributed by atoms with E-state index in [0.29, 0.717) is 4.90 Å². The molecule has 0 bridgehead atoms. The molecule has 0 spiro atoms. The van der Waals surface area contributed by atoms with Crippen molar-refractivity contribution in [2.24, 2.45) is 5.41 Å². The second kappa shape index (κ2) is 6.86. The van der Waals surface area contributed by atoms with E-state index in [1.54, 1.807) is 30.3 Å². The zero-order valence-electron chi connectivity index (χ0n) is 11.9. The average Bonchev–Trinajstić information content (AvgIpc) is 2.35. The Morgan fingerprint density at radius 3 is 2.19 bits per heavy atom. The Balaban J connectivity index is 3.08. The molecule has 0 unspecified atom stereocenters. The van der Waals surface area contributed by atoms with E-state index in [0.717, 1.165) is 17.8 Å². The number of thioether (sulfide) groups is 1. The maximum absolute atomic E-state index is 12.6. The molecule has 0 aromatic heterocycles. The van der Waals surface area contributed by atoms with E-state index >= 15 is 0 Å². The molecule has 21 heavy (non-hydrogen) atoms. The van der Waals surface area contributed by atoms with E-state index in [1.807, 2.05) is 20.8 Å². The number of allylic oxidation sites excluding steroid dienone is 2. The number of hydrogen-bond acceptors (Lipinski definition) is 2. The minimum atomic E-state index is -4.91. The van der Waals surface area contributed by atoms with Gasteiger partial charge in [0.05, 0.1) is 4.91 Å². The molecule has 5 heteroatoms. The van der Waals surface area contributed by atoms with Crippen LogP contribution in [0.2, 0.25) is 0 Å². The highest BCUT2D eigenvalue weighted by atomic mass is 32.2. The summed E-state index contributed by atoms with van der Waals surface area (Å²) in [5.41, 5.74) is -0.347. The molecule has 0 aliphatic heterocycles. The van der Waals surface area contributed by atoms with Gasteiger partial charge in [-0.25, -0.2) is 0 Å². The smallest absolute Gasteiger partial charge is 0.283 e. The van der Waals surface area contributed by atoms with Crippen LogP contribution in [0.4, 0.5) is 13.2 Å². The third-order valence-corrected chi connectivity index (χ3v) is 3.13. The van der Waals surface area contributed by atoms with Crippen LogP contribution in [0.3, 0.4) is 0 Å². The highest BCUT2D eigenvalue weighted by Crippen LogP contribution is 2.32. The van der Waals surface area contributed by atoms with Crippen molar-refractivity contribution in [2.45, 2.75) is 31.8 Å². The second-order valence-electron chi connectivity index (χ2n) is 5.27. The van der Waals surface area contributed by atoms with Crippen LogP contribution < -0.4 is 0 Å². The second-order valence-corrected chi connectivity index (χ2v) is 6.39. The zero-order valence-corrected chi connectivity index (χ0v) is 12.7. The lowest BCUT2D eigenvalue weighted by Crippen LogP contribution is -2.23. The lowest BCUT2D eigenvalue weighted by molar-refractivity contribution is -0.165. The average molecular weight is 312 g/mol. The summed E-state index contributed by atoms with van der Waals surface area (Å²) in [6.45, 7) is 5.51. The first kappa shape index (κ1) is 17.4. The van der Waals surface area contributed by atoms with Crippen molar-refractivity contribution < 1.29 is 18.0 Å². The minimum absolute atomic E-state index is 0.347. The highest BCUT2D eigenvalue weighted by Gasteiger charge is 2.40. The van der Waals surface area contributed by atoms with Gasteiger partial charge in [-0.3, -0.25) is 4.79 Å². The first-order valence-corrected chi connectivity index (χ1v) is 6.98. The van der Waals surface area contributed by atoms with Crippen molar-refractivity contribution in [3.8, 4) is 11.8 Å². The van der Waals surface area contributed by atoms with Gasteiger partial charge in [0, 0.05) is 16.4 Å². The van der Waals surface area contributed by atoms with Crippen molar-refractivity contribution in [3.63, 3.8) is 0 Å². The number of Topliss-reactive ketones (excluding diaryl/α,β-unsaturated/α-hetero) is 1. The van der Waals surface area contributed by atoms with Gasteiger partial charge in [0.25, 0.3) is 5.78 Å². The number of benzene rings is 1. The summed E-state index contributed by atoms with van der Waals surface area (Å²) in [5.74, 6) is 3.45. The lowest BCUT2D eigenvalue weighted by Gasteiger charge is -2.09. The molecule has 0 saturated heterocycles. The quantitative estimate of drug-likeness (QED) is 0.451. The maximum atomic E-state index is 12.6. The van der Waals surface area contributed by atoms with Gasteiger partial charge in [-0.15, -0.1) is 0 Å². The number of halogens is 3. The Labute approximate surface area is 126 Å². The van der Waals surface area contributed by atoms with Crippen molar-refractivity contribution in [1.29, 1.82) is 0 Å². The molecule has 1 aromatic carbocycles. The fourth-order valence-electron chi connectivity index (χ4n) is 1.21. The lowest BCUT2D eigenvalue weighted by atomic mass is 9.98. The summed E-state index contributed by atoms with van der Waals surface area (Å²) < 4.78 is 37.8. The largest absolute Gasteiger partial charge is 0.455 e. The Morgan fingerprint density at radius 2 is 1.71 bits per heavy atom. The summed E-state index contributed by atoms with van der Waals surface area (Å²) in [4.78, 5) is 11.6. The van der Waals surface area contributed by atoms with Crippen LogP contribution in [-0.2, 0) is 4.79 Å². The van der Waals surface area contributed by atoms with Gasteiger partial charge in [0.15, 0.2) is 0 Å². The van der Waals surface area contributed by atoms with E-state index in [-0.39, 0.29) is 5.41 Å². The van der Waals surface area contributed by atoms with Crippen LogP contribution in [0.25, 0.3) is 0 Å². The van der Waals surface area contributed by atoms with Gasteiger partial charge in [0.2, 0.25) is 0 Å².